The molecule has 0 radical (unpaired) electrons. The third-order valence-electron chi connectivity index (χ3n) is 6.30. The molecule has 6 rings (SSSR count). The van der Waals surface area contributed by atoms with Gasteiger partial charge >= 0.3 is 6.03 Å². The lowest BCUT2D eigenvalue weighted by atomic mass is 10.1. The molecule has 0 aromatic heterocycles. The molecule has 8 nitrogen and oxygen atoms in total. The average Bonchev–Trinajstić information content (AvgIpc) is 3.39. The van der Waals surface area contributed by atoms with Gasteiger partial charge in [0, 0.05) is 6.07 Å². The van der Waals surface area contributed by atoms with Crippen LogP contribution in [0.1, 0.15) is 11.1 Å². The van der Waals surface area contributed by atoms with Crippen LogP contribution in [-0.2, 0) is 16.2 Å². The van der Waals surface area contributed by atoms with Gasteiger partial charge in [-0.3, -0.25) is 14.9 Å². The van der Waals surface area contributed by atoms with Crippen LogP contribution >= 0.6 is 45.2 Å². The number of imide groups is 2. The standard InChI is InChI=1S/C29H18I2N2O6/c30-22-11-16(12-23(31)26(22)37-14-18-6-3-5-17-4-1-2-7-20(17)18)10-21-27(34)32-29(36)33(28(21)35)19-8-9-24-25(13-19)39-15-38-24/h1-13H,14-15H2,(H,32,34,36)/b21-10+. The molecule has 0 unspecified atom stereocenters. The van der Waals surface area contributed by atoms with E-state index in [4.69, 9.17) is 14.2 Å². The highest BCUT2D eigenvalue weighted by molar-refractivity contribution is 14.1. The van der Waals surface area contributed by atoms with Crippen molar-refractivity contribution in [3.05, 3.63) is 96.6 Å². The number of carbonyl (C=O) groups excluding carboxylic acids is 3. The molecule has 2 aliphatic rings. The fourth-order valence-corrected chi connectivity index (χ4v) is 6.58. The van der Waals surface area contributed by atoms with E-state index in [9.17, 15) is 14.4 Å². The largest absolute Gasteiger partial charge is 0.487 e. The molecule has 0 spiro atoms. The van der Waals surface area contributed by atoms with E-state index in [1.807, 2.05) is 36.4 Å². The Balaban J connectivity index is 1.27. The fourth-order valence-electron chi connectivity index (χ4n) is 4.45. The van der Waals surface area contributed by atoms with Gasteiger partial charge in [0.2, 0.25) is 6.79 Å². The van der Waals surface area contributed by atoms with Gasteiger partial charge in [-0.2, -0.15) is 0 Å². The number of hydrogen-bond donors (Lipinski definition) is 1. The average molecular weight is 744 g/mol. The Morgan fingerprint density at radius 3 is 2.46 bits per heavy atom. The van der Waals surface area contributed by atoms with Crippen molar-refractivity contribution in [2.24, 2.45) is 0 Å². The molecule has 4 amide bonds. The first-order valence-electron chi connectivity index (χ1n) is 11.8. The molecule has 2 heterocycles. The second-order valence-corrected chi connectivity index (χ2v) is 11.1. The SMILES string of the molecule is O=C1NC(=O)N(c2ccc3c(c2)OCO3)C(=O)/C1=C/c1cc(I)c(OCc2cccc3ccccc23)c(I)c1. The molecule has 1 N–H and O–H groups in total. The Labute approximate surface area is 250 Å². The predicted molar refractivity (Wildman–Crippen MR) is 162 cm³/mol. The number of urea groups is 1. The van der Waals surface area contributed by atoms with Crippen LogP contribution < -0.4 is 24.4 Å². The molecule has 1 saturated heterocycles. The van der Waals surface area contributed by atoms with E-state index in [0.717, 1.165) is 28.4 Å². The Morgan fingerprint density at radius 2 is 1.64 bits per heavy atom. The summed E-state index contributed by atoms with van der Waals surface area (Å²) in [6.07, 6.45) is 1.48. The van der Waals surface area contributed by atoms with Crippen molar-refractivity contribution in [2.75, 3.05) is 11.7 Å². The van der Waals surface area contributed by atoms with E-state index in [2.05, 4.69) is 68.7 Å². The quantitative estimate of drug-likeness (QED) is 0.153. The van der Waals surface area contributed by atoms with Crippen LogP contribution in [0, 0.1) is 7.14 Å². The summed E-state index contributed by atoms with van der Waals surface area (Å²) in [6, 6.07) is 21.8. The minimum absolute atomic E-state index is 0.0570. The lowest BCUT2D eigenvalue weighted by Crippen LogP contribution is -2.54. The summed E-state index contributed by atoms with van der Waals surface area (Å²) in [6.45, 7) is 0.447. The Morgan fingerprint density at radius 1 is 0.897 bits per heavy atom. The number of barbiturate groups is 1. The zero-order valence-electron chi connectivity index (χ0n) is 20.1. The molecular formula is C29H18I2N2O6. The van der Waals surface area contributed by atoms with Crippen molar-refractivity contribution in [2.45, 2.75) is 6.61 Å². The summed E-state index contributed by atoms with van der Waals surface area (Å²) in [5.41, 5.74) is 1.80. The number of rotatable bonds is 5. The van der Waals surface area contributed by atoms with Crippen molar-refractivity contribution in [3.63, 3.8) is 0 Å². The second kappa shape index (κ2) is 10.5. The number of fused-ring (bicyclic) bond motifs is 2. The van der Waals surface area contributed by atoms with Crippen LogP contribution in [0.3, 0.4) is 0 Å². The summed E-state index contributed by atoms with van der Waals surface area (Å²) in [5.74, 6) is 0.149. The predicted octanol–water partition coefficient (Wildman–Crippen LogP) is 6.02. The number of hydrogen-bond acceptors (Lipinski definition) is 6. The summed E-state index contributed by atoms with van der Waals surface area (Å²) < 4.78 is 18.5. The Hall–Kier alpha value is -3.65. The van der Waals surface area contributed by atoms with Crippen molar-refractivity contribution >= 4 is 85.6 Å². The number of anilines is 1. The molecule has 0 saturated carbocycles. The number of amides is 4. The first-order valence-corrected chi connectivity index (χ1v) is 13.9. The van der Waals surface area contributed by atoms with E-state index in [1.54, 1.807) is 12.1 Å². The van der Waals surface area contributed by atoms with E-state index in [-0.39, 0.29) is 18.1 Å². The van der Waals surface area contributed by atoms with Gasteiger partial charge in [-0.15, -0.1) is 0 Å². The molecule has 194 valence electrons. The van der Waals surface area contributed by atoms with E-state index in [0.29, 0.717) is 29.4 Å². The molecule has 0 bridgehead atoms. The molecule has 4 aromatic rings. The highest BCUT2D eigenvalue weighted by Crippen LogP contribution is 2.37. The van der Waals surface area contributed by atoms with E-state index in [1.165, 1.54) is 12.1 Å². The van der Waals surface area contributed by atoms with Gasteiger partial charge in [-0.05, 0) is 97.4 Å². The maximum Gasteiger partial charge on any atom is 0.335 e. The third-order valence-corrected chi connectivity index (χ3v) is 7.90. The van der Waals surface area contributed by atoms with Crippen LogP contribution in [0.4, 0.5) is 10.5 Å². The van der Waals surface area contributed by atoms with E-state index >= 15 is 0 Å². The van der Waals surface area contributed by atoms with Gasteiger partial charge in [0.25, 0.3) is 11.8 Å². The summed E-state index contributed by atoms with van der Waals surface area (Å²) in [7, 11) is 0. The number of benzene rings is 4. The molecule has 0 atom stereocenters. The molecule has 10 heteroatoms. The van der Waals surface area contributed by atoms with Crippen LogP contribution in [0.2, 0.25) is 0 Å². The van der Waals surface area contributed by atoms with Gasteiger partial charge in [0.15, 0.2) is 11.5 Å². The topological polar surface area (TPSA) is 94.2 Å². The number of halogens is 2. The molecule has 0 aliphatic carbocycles. The van der Waals surface area contributed by atoms with Crippen LogP contribution in [0.15, 0.2) is 78.4 Å². The molecule has 39 heavy (non-hydrogen) atoms. The summed E-state index contributed by atoms with van der Waals surface area (Å²) in [5, 5.41) is 4.53. The first kappa shape index (κ1) is 25.6. The normalized spacial score (nSPS) is 15.7. The maximum atomic E-state index is 13.3. The van der Waals surface area contributed by atoms with Gasteiger partial charge in [0.05, 0.1) is 12.8 Å². The fraction of sp³-hybridized carbons (Fsp3) is 0.0690. The highest BCUT2D eigenvalue weighted by Gasteiger charge is 2.37. The zero-order chi connectivity index (χ0) is 27.1. The zero-order valence-corrected chi connectivity index (χ0v) is 24.4. The van der Waals surface area contributed by atoms with Crippen molar-refractivity contribution < 1.29 is 28.6 Å². The molecule has 2 aliphatic heterocycles. The van der Waals surface area contributed by atoms with Crippen LogP contribution in [0.5, 0.6) is 17.2 Å². The number of ether oxygens (including phenoxy) is 3. The van der Waals surface area contributed by atoms with E-state index < -0.39 is 17.8 Å². The van der Waals surface area contributed by atoms with Crippen molar-refractivity contribution in [1.29, 1.82) is 0 Å². The minimum atomic E-state index is -0.831. The van der Waals surface area contributed by atoms with Crippen LogP contribution in [-0.4, -0.2) is 24.6 Å². The number of carbonyl (C=O) groups is 3. The lowest BCUT2D eigenvalue weighted by Gasteiger charge is -2.26. The molecule has 4 aromatic carbocycles. The summed E-state index contributed by atoms with van der Waals surface area (Å²) in [4.78, 5) is 39.5. The number of nitrogens with zero attached hydrogens (tertiary/aromatic N) is 1. The van der Waals surface area contributed by atoms with Gasteiger partial charge in [0.1, 0.15) is 17.9 Å². The maximum absolute atomic E-state index is 13.3. The van der Waals surface area contributed by atoms with Gasteiger partial charge in [-0.25, -0.2) is 9.69 Å². The van der Waals surface area contributed by atoms with Gasteiger partial charge < -0.3 is 14.2 Å². The van der Waals surface area contributed by atoms with Gasteiger partial charge in [-0.1, -0.05) is 42.5 Å². The second-order valence-electron chi connectivity index (χ2n) is 8.74. The minimum Gasteiger partial charge on any atom is -0.487 e. The van der Waals surface area contributed by atoms with Crippen molar-refractivity contribution in [3.8, 4) is 17.2 Å². The smallest absolute Gasteiger partial charge is 0.335 e. The monoisotopic (exact) mass is 744 g/mol. The first-order chi connectivity index (χ1) is 18.9. The van der Waals surface area contributed by atoms with Crippen LogP contribution in [0.25, 0.3) is 16.8 Å². The van der Waals surface area contributed by atoms with Crippen molar-refractivity contribution in [1.82, 2.24) is 5.32 Å². The highest BCUT2D eigenvalue weighted by atomic mass is 127. The molecular weight excluding hydrogens is 726 g/mol. The summed E-state index contributed by atoms with van der Waals surface area (Å²) >= 11 is 4.35. The third kappa shape index (κ3) is 4.93. The number of nitrogens with one attached hydrogen (secondary N) is 1. The molecule has 1 fully saturated rings. The Bertz CT molecular complexity index is 1690. The lowest BCUT2D eigenvalue weighted by molar-refractivity contribution is -0.122. The Kier molecular flexibility index (Phi) is 6.89.